The summed E-state index contributed by atoms with van der Waals surface area (Å²) in [5, 5.41) is 0. The van der Waals surface area contributed by atoms with Crippen LogP contribution in [0.5, 0.6) is 0 Å². The zero-order valence-corrected chi connectivity index (χ0v) is 22.5. The van der Waals surface area contributed by atoms with Crippen LogP contribution in [0.3, 0.4) is 0 Å². The van der Waals surface area contributed by atoms with Crippen molar-refractivity contribution in [1.82, 2.24) is 0 Å². The van der Waals surface area contributed by atoms with Gasteiger partial charge in [-0.1, -0.05) is 13.8 Å². The van der Waals surface area contributed by atoms with E-state index in [1.165, 1.54) is 77.0 Å². The van der Waals surface area contributed by atoms with E-state index < -0.39 is 32.5 Å². The van der Waals surface area contributed by atoms with Gasteiger partial charge in [-0.2, -0.15) is 0 Å². The molecule has 0 saturated carbocycles. The quantitative estimate of drug-likeness (QED) is 0.108. The van der Waals surface area contributed by atoms with Gasteiger partial charge in [-0.15, -0.1) is 0 Å². The third kappa shape index (κ3) is 22.2. The van der Waals surface area contributed by atoms with Crippen LogP contribution in [0.4, 0.5) is 0 Å². The average molecular weight is 533 g/mol. The van der Waals surface area contributed by atoms with Gasteiger partial charge in [0.2, 0.25) is 0 Å². The maximum atomic E-state index is 11.8. The van der Waals surface area contributed by atoms with Crippen molar-refractivity contribution in [3.05, 3.63) is 0 Å². The third-order valence-electron chi connectivity index (χ3n) is 5.36. The Labute approximate surface area is 193 Å². The van der Waals surface area contributed by atoms with Crippen LogP contribution in [-0.2, 0) is 18.8 Å². The molecule has 0 saturated heterocycles. The Morgan fingerprint density at radius 2 is 0.767 bits per heavy atom. The normalized spacial score (nSPS) is 10.7. The van der Waals surface area contributed by atoms with Gasteiger partial charge in [-0.25, -0.2) is 0 Å². The van der Waals surface area contributed by atoms with Gasteiger partial charge >= 0.3 is 180 Å². The number of carbonyl (C=O) groups excluding carboxylic acids is 2. The molecule has 0 bridgehead atoms. The van der Waals surface area contributed by atoms with E-state index in [1.54, 1.807) is 0 Å². The fourth-order valence-corrected chi connectivity index (χ4v) is 5.23. The summed E-state index contributed by atoms with van der Waals surface area (Å²) in [6, 6.07) is 0. The van der Waals surface area contributed by atoms with Gasteiger partial charge in [0.1, 0.15) is 0 Å². The first kappa shape index (κ1) is 29.5. The van der Waals surface area contributed by atoms with Crippen molar-refractivity contribution in [3.8, 4) is 0 Å². The molecule has 6 heteroatoms. The minimum Gasteiger partial charge on any atom is -0.0654 e. The summed E-state index contributed by atoms with van der Waals surface area (Å²) in [6.45, 7) is 4.43. The molecule has 0 aliphatic rings. The maximum absolute atomic E-state index is 11.8. The smallest absolute Gasteiger partial charge is 0.0654 e. The van der Waals surface area contributed by atoms with Crippen LogP contribution in [0.1, 0.15) is 142 Å². The molecule has 0 N–H and O–H groups in total. The van der Waals surface area contributed by atoms with Crippen LogP contribution < -0.4 is 0 Å². The van der Waals surface area contributed by atoms with Crippen molar-refractivity contribution in [1.29, 1.82) is 0 Å². The standard InChI is InChI=1S/2C12H24O2.O.Sn/c2*1-2-3-4-5-6-7-8-9-10-11-12(13)14;;/h2*2-11H2,1H3,(H,13,14);;/q;;;+2/p-2. The van der Waals surface area contributed by atoms with Crippen LogP contribution in [0.2, 0.25) is 0 Å². The molecule has 0 heterocycles. The van der Waals surface area contributed by atoms with Crippen molar-refractivity contribution < 1.29 is 18.8 Å². The molecular weight excluding hydrogens is 487 g/mol. The van der Waals surface area contributed by atoms with Crippen molar-refractivity contribution in [2.75, 3.05) is 0 Å². The molecule has 0 radical (unpaired) electrons. The predicted octanol–water partition coefficient (Wildman–Crippen LogP) is 7.33. The van der Waals surface area contributed by atoms with Gasteiger partial charge in [0.25, 0.3) is 0 Å². The second kappa shape index (κ2) is 23.2. The molecule has 0 aliphatic carbocycles. The molecule has 0 spiro atoms. The molecule has 0 aromatic rings. The van der Waals surface area contributed by atoms with E-state index in [4.69, 9.17) is 6.15 Å². The molecule has 0 atom stereocenters. The van der Waals surface area contributed by atoms with E-state index >= 15 is 0 Å². The van der Waals surface area contributed by atoms with Crippen LogP contribution in [0.15, 0.2) is 0 Å². The van der Waals surface area contributed by atoms with Gasteiger partial charge in [-0.3, -0.25) is 0 Å². The van der Waals surface area contributed by atoms with Crippen molar-refractivity contribution in [2.24, 2.45) is 0 Å². The molecule has 0 unspecified atom stereocenters. The zero-order valence-electron chi connectivity index (χ0n) is 19.7. The van der Waals surface area contributed by atoms with Gasteiger partial charge in [0.05, 0.1) is 0 Å². The molecule has 0 aromatic carbocycles. The van der Waals surface area contributed by atoms with E-state index in [0.717, 1.165) is 38.5 Å². The Bertz CT molecular complexity index is 401. The molecule has 176 valence electrons. The van der Waals surface area contributed by atoms with Crippen molar-refractivity contribution in [2.45, 2.75) is 142 Å². The molecule has 0 aliphatic heterocycles. The zero-order chi connectivity index (χ0) is 22.3. The molecule has 0 aromatic heterocycles. The molecule has 5 nitrogen and oxygen atoms in total. The minimum atomic E-state index is -4.01. The van der Waals surface area contributed by atoms with Crippen LogP contribution >= 0.6 is 0 Å². The first-order valence-corrected chi connectivity index (χ1v) is 16.0. The van der Waals surface area contributed by atoms with Crippen LogP contribution in [0.25, 0.3) is 0 Å². The second-order valence-corrected chi connectivity index (χ2v) is 10.9. The summed E-state index contributed by atoms with van der Waals surface area (Å²) in [5.74, 6) is -0.976. The minimum absolute atomic E-state index is 0.262. The number of hydrogen-bond acceptors (Lipinski definition) is 5. The molecule has 0 amide bonds. The van der Waals surface area contributed by atoms with Gasteiger partial charge in [0, 0.05) is 0 Å². The molecule has 0 rings (SSSR count). The summed E-state index contributed by atoms with van der Waals surface area (Å²) in [7, 11) is 0. The Morgan fingerprint density at radius 3 is 1.07 bits per heavy atom. The number of unbranched alkanes of at least 4 members (excludes halogenated alkanes) is 16. The van der Waals surface area contributed by atoms with Crippen molar-refractivity contribution in [3.63, 3.8) is 0 Å². The van der Waals surface area contributed by atoms with Crippen LogP contribution in [-0.4, -0.2) is 32.5 Å². The number of hydrogen-bond donors (Lipinski definition) is 0. The Kier molecular flexibility index (Phi) is 22.9. The Morgan fingerprint density at radius 1 is 0.500 bits per heavy atom. The van der Waals surface area contributed by atoms with Gasteiger partial charge < -0.3 is 0 Å². The van der Waals surface area contributed by atoms with E-state index in [1.807, 2.05) is 0 Å². The first-order chi connectivity index (χ1) is 14.6. The summed E-state index contributed by atoms with van der Waals surface area (Å²) in [6.07, 6.45) is 21.6. The van der Waals surface area contributed by atoms with Gasteiger partial charge in [-0.05, 0) is 0 Å². The fraction of sp³-hybridized carbons (Fsp3) is 0.917. The van der Waals surface area contributed by atoms with E-state index in [2.05, 4.69) is 13.8 Å². The summed E-state index contributed by atoms with van der Waals surface area (Å²) in [5.41, 5.74) is 0. The topological polar surface area (TPSA) is 69.7 Å². The van der Waals surface area contributed by atoms with Crippen LogP contribution in [0, 0.1) is 0 Å². The van der Waals surface area contributed by atoms with E-state index in [0.29, 0.717) is 0 Å². The second-order valence-electron chi connectivity index (χ2n) is 8.35. The van der Waals surface area contributed by atoms with E-state index in [9.17, 15) is 12.7 Å². The monoisotopic (exact) mass is 534 g/mol. The average Bonchev–Trinajstić information content (AvgIpc) is 2.71. The first-order valence-electron chi connectivity index (χ1n) is 12.6. The summed E-state index contributed by atoms with van der Waals surface area (Å²) >= 11 is -4.01. The fourth-order valence-electron chi connectivity index (χ4n) is 3.47. The number of rotatable bonds is 22. The summed E-state index contributed by atoms with van der Waals surface area (Å²) in [4.78, 5) is 23.4. The molecule has 0 fully saturated rings. The SMILES string of the molecule is CCCCCCCCCCCC(=O)[O][Sn](=[O])[O]C(=O)CCCCCCCCCCC. The summed E-state index contributed by atoms with van der Waals surface area (Å²) < 4.78 is 21.5. The predicted molar refractivity (Wildman–Crippen MR) is 122 cm³/mol. The third-order valence-corrected chi connectivity index (χ3v) is 7.61. The molecule has 30 heavy (non-hydrogen) atoms. The Hall–Kier alpha value is -0.461. The number of carbonyl (C=O) groups is 2. The van der Waals surface area contributed by atoms with Gasteiger partial charge in [0.15, 0.2) is 0 Å². The Balaban J connectivity index is 3.50. The van der Waals surface area contributed by atoms with Crippen molar-refractivity contribution >= 4 is 32.5 Å². The molecular formula is C24H46O5Sn. The van der Waals surface area contributed by atoms with E-state index in [-0.39, 0.29) is 12.8 Å².